The number of aromatic nitrogens is 2. The summed E-state index contributed by atoms with van der Waals surface area (Å²) < 4.78 is 6.95. The fourth-order valence-corrected chi connectivity index (χ4v) is 1.88. The average molecular weight is 244 g/mol. The van der Waals surface area contributed by atoms with Gasteiger partial charge in [0.05, 0.1) is 12.8 Å². The van der Waals surface area contributed by atoms with Gasteiger partial charge in [-0.3, -0.25) is 9.48 Å². The van der Waals surface area contributed by atoms with Crippen LogP contribution in [0.3, 0.4) is 0 Å². The van der Waals surface area contributed by atoms with Crippen molar-refractivity contribution in [1.82, 2.24) is 9.78 Å². The van der Waals surface area contributed by atoms with E-state index in [4.69, 9.17) is 4.74 Å². The van der Waals surface area contributed by atoms with E-state index in [0.717, 1.165) is 23.3 Å². The maximum Gasteiger partial charge on any atom is 0.168 e. The number of aryl methyl sites for hydroxylation is 3. The van der Waals surface area contributed by atoms with E-state index in [2.05, 4.69) is 5.10 Å². The molecule has 0 aliphatic carbocycles. The van der Waals surface area contributed by atoms with Gasteiger partial charge in [0.2, 0.25) is 0 Å². The molecule has 0 amide bonds. The van der Waals surface area contributed by atoms with Crippen LogP contribution in [0.1, 0.15) is 21.6 Å². The van der Waals surface area contributed by atoms with Crippen LogP contribution in [0.2, 0.25) is 0 Å². The number of aldehydes is 1. The van der Waals surface area contributed by atoms with Crippen molar-refractivity contribution in [3.05, 3.63) is 35.0 Å². The van der Waals surface area contributed by atoms with Crippen LogP contribution in [0.5, 0.6) is 5.75 Å². The molecule has 2 aromatic rings. The summed E-state index contributed by atoms with van der Waals surface area (Å²) in [5.74, 6) is 0.772. The van der Waals surface area contributed by atoms with Crippen molar-refractivity contribution in [1.29, 1.82) is 0 Å². The van der Waals surface area contributed by atoms with E-state index in [1.165, 1.54) is 11.1 Å². The van der Waals surface area contributed by atoms with Gasteiger partial charge in [-0.25, -0.2) is 0 Å². The van der Waals surface area contributed by atoms with E-state index >= 15 is 0 Å². The normalized spacial score (nSPS) is 10.4. The Balaban J connectivity index is 2.61. The molecule has 0 radical (unpaired) electrons. The summed E-state index contributed by atoms with van der Waals surface area (Å²) in [5, 5.41) is 4.34. The molecule has 1 aromatic heterocycles. The molecule has 0 fully saturated rings. The van der Waals surface area contributed by atoms with E-state index in [0.29, 0.717) is 5.69 Å². The van der Waals surface area contributed by atoms with Gasteiger partial charge in [-0.1, -0.05) is 0 Å². The molecule has 0 atom stereocenters. The zero-order valence-electron chi connectivity index (χ0n) is 11.0. The molecule has 4 nitrogen and oxygen atoms in total. The Bertz CT molecular complexity index is 600. The lowest BCUT2D eigenvalue weighted by Gasteiger charge is -2.09. The van der Waals surface area contributed by atoms with Crippen molar-refractivity contribution in [2.24, 2.45) is 7.05 Å². The van der Waals surface area contributed by atoms with Gasteiger partial charge in [-0.2, -0.15) is 5.10 Å². The second kappa shape index (κ2) is 4.64. The molecule has 0 saturated heterocycles. The van der Waals surface area contributed by atoms with Crippen LogP contribution in [0.15, 0.2) is 18.2 Å². The van der Waals surface area contributed by atoms with E-state index in [9.17, 15) is 4.79 Å². The zero-order valence-corrected chi connectivity index (χ0v) is 11.0. The third-order valence-corrected chi connectivity index (χ3v) is 3.13. The van der Waals surface area contributed by atoms with E-state index in [1.54, 1.807) is 24.9 Å². The molecule has 2 rings (SSSR count). The SMILES string of the molecule is COc1cc(C)c(C)cc1-c1cc(C=O)n(C)n1. The van der Waals surface area contributed by atoms with E-state index in [1.807, 2.05) is 26.0 Å². The molecular formula is C14H16N2O2. The van der Waals surface area contributed by atoms with Gasteiger partial charge in [0.25, 0.3) is 0 Å². The number of ether oxygens (including phenoxy) is 1. The van der Waals surface area contributed by atoms with Crippen LogP contribution in [0.4, 0.5) is 0 Å². The largest absolute Gasteiger partial charge is 0.496 e. The first-order valence-electron chi connectivity index (χ1n) is 5.71. The number of methoxy groups -OCH3 is 1. The molecule has 4 heteroatoms. The number of hydrogen-bond acceptors (Lipinski definition) is 3. The van der Waals surface area contributed by atoms with Crippen LogP contribution < -0.4 is 4.74 Å². The molecule has 0 aliphatic heterocycles. The Morgan fingerprint density at radius 1 is 1.22 bits per heavy atom. The van der Waals surface area contributed by atoms with Gasteiger partial charge >= 0.3 is 0 Å². The molecule has 18 heavy (non-hydrogen) atoms. The van der Waals surface area contributed by atoms with Crippen LogP contribution >= 0.6 is 0 Å². The smallest absolute Gasteiger partial charge is 0.168 e. The number of hydrogen-bond donors (Lipinski definition) is 0. The molecule has 0 saturated carbocycles. The summed E-state index contributed by atoms with van der Waals surface area (Å²) in [6.07, 6.45) is 0.796. The highest BCUT2D eigenvalue weighted by atomic mass is 16.5. The quantitative estimate of drug-likeness (QED) is 0.779. The predicted molar refractivity (Wildman–Crippen MR) is 70.1 cm³/mol. The van der Waals surface area contributed by atoms with Gasteiger partial charge in [0, 0.05) is 12.6 Å². The van der Waals surface area contributed by atoms with Crippen molar-refractivity contribution in [3.63, 3.8) is 0 Å². The van der Waals surface area contributed by atoms with Crippen molar-refractivity contribution < 1.29 is 9.53 Å². The summed E-state index contributed by atoms with van der Waals surface area (Å²) in [6, 6.07) is 5.78. The Morgan fingerprint density at radius 2 is 1.89 bits per heavy atom. The second-order valence-electron chi connectivity index (χ2n) is 4.33. The van der Waals surface area contributed by atoms with Crippen LogP contribution in [0.25, 0.3) is 11.3 Å². The molecule has 0 bridgehead atoms. The first-order valence-corrected chi connectivity index (χ1v) is 5.71. The second-order valence-corrected chi connectivity index (χ2v) is 4.33. The third-order valence-electron chi connectivity index (χ3n) is 3.13. The molecule has 94 valence electrons. The highest BCUT2D eigenvalue weighted by molar-refractivity contribution is 5.77. The Labute approximate surface area is 106 Å². The standard InChI is InChI=1S/C14H16N2O2/c1-9-5-12(14(18-4)6-10(9)2)13-7-11(8-17)16(3)15-13/h5-8H,1-4H3. The summed E-state index contributed by atoms with van der Waals surface area (Å²) in [6.45, 7) is 4.08. The molecule has 1 heterocycles. The zero-order chi connectivity index (χ0) is 13.3. The first kappa shape index (κ1) is 12.4. The van der Waals surface area contributed by atoms with Crippen molar-refractivity contribution in [2.75, 3.05) is 7.11 Å². The first-order chi connectivity index (χ1) is 8.56. The maximum absolute atomic E-state index is 10.9. The fraction of sp³-hybridized carbons (Fsp3) is 0.286. The lowest BCUT2D eigenvalue weighted by atomic mass is 10.0. The molecular weight excluding hydrogens is 228 g/mol. The lowest BCUT2D eigenvalue weighted by Crippen LogP contribution is -1.96. The number of benzene rings is 1. The number of carbonyl (C=O) groups is 1. The highest BCUT2D eigenvalue weighted by Gasteiger charge is 2.12. The van der Waals surface area contributed by atoms with Gasteiger partial charge in [-0.15, -0.1) is 0 Å². The molecule has 0 spiro atoms. The van der Waals surface area contributed by atoms with Crippen molar-refractivity contribution >= 4 is 6.29 Å². The maximum atomic E-state index is 10.9. The summed E-state index contributed by atoms with van der Waals surface area (Å²) in [5.41, 5.74) is 4.54. The molecule has 0 N–H and O–H groups in total. The Kier molecular flexibility index (Phi) is 3.19. The Hall–Kier alpha value is -2.10. The molecule has 0 unspecified atom stereocenters. The summed E-state index contributed by atoms with van der Waals surface area (Å²) in [4.78, 5) is 10.9. The number of carbonyl (C=O) groups excluding carboxylic acids is 1. The summed E-state index contributed by atoms with van der Waals surface area (Å²) in [7, 11) is 3.39. The highest BCUT2D eigenvalue weighted by Crippen LogP contribution is 2.31. The van der Waals surface area contributed by atoms with Gasteiger partial charge in [0.1, 0.15) is 11.4 Å². The minimum Gasteiger partial charge on any atom is -0.496 e. The van der Waals surface area contributed by atoms with Crippen LogP contribution in [0, 0.1) is 13.8 Å². The van der Waals surface area contributed by atoms with Gasteiger partial charge in [-0.05, 0) is 43.2 Å². The van der Waals surface area contributed by atoms with Gasteiger partial charge in [0.15, 0.2) is 6.29 Å². The minimum absolute atomic E-state index is 0.547. The minimum atomic E-state index is 0.547. The number of rotatable bonds is 3. The van der Waals surface area contributed by atoms with Gasteiger partial charge < -0.3 is 4.74 Å². The molecule has 1 aromatic carbocycles. The van der Waals surface area contributed by atoms with Crippen molar-refractivity contribution in [2.45, 2.75) is 13.8 Å². The van der Waals surface area contributed by atoms with Crippen LogP contribution in [-0.2, 0) is 7.05 Å². The Morgan fingerprint density at radius 3 is 2.44 bits per heavy atom. The van der Waals surface area contributed by atoms with Crippen molar-refractivity contribution in [3.8, 4) is 17.0 Å². The molecule has 0 aliphatic rings. The number of nitrogens with zero attached hydrogens (tertiary/aromatic N) is 2. The third kappa shape index (κ3) is 2.01. The monoisotopic (exact) mass is 244 g/mol. The topological polar surface area (TPSA) is 44.1 Å². The predicted octanol–water partition coefficient (Wildman–Crippen LogP) is 2.53. The fourth-order valence-electron chi connectivity index (χ4n) is 1.88. The average Bonchev–Trinajstić information content (AvgIpc) is 2.73. The lowest BCUT2D eigenvalue weighted by molar-refractivity contribution is 0.111. The summed E-state index contributed by atoms with van der Waals surface area (Å²) >= 11 is 0. The van der Waals surface area contributed by atoms with E-state index in [-0.39, 0.29) is 0 Å². The van der Waals surface area contributed by atoms with E-state index < -0.39 is 0 Å². The van der Waals surface area contributed by atoms with Crippen LogP contribution in [-0.4, -0.2) is 23.2 Å².